The summed E-state index contributed by atoms with van der Waals surface area (Å²) in [6.45, 7) is 0.580. The maximum absolute atomic E-state index is 12.3. The molecule has 20 heavy (non-hydrogen) atoms. The van der Waals surface area contributed by atoms with Crippen LogP contribution < -0.4 is 11.1 Å². The number of carbonyl (C=O) groups is 1. The van der Waals surface area contributed by atoms with Crippen molar-refractivity contribution in [3.8, 4) is 0 Å². The molecule has 1 aliphatic rings. The largest absolute Gasteiger partial charge is 0.330 e. The Morgan fingerprint density at radius 3 is 2.70 bits per heavy atom. The van der Waals surface area contributed by atoms with Crippen molar-refractivity contribution in [2.45, 2.75) is 38.5 Å². The van der Waals surface area contributed by atoms with E-state index < -0.39 is 0 Å². The Kier molecular flexibility index (Phi) is 5.47. The number of amides is 1. The predicted molar refractivity (Wildman–Crippen MR) is 87.0 cm³/mol. The van der Waals surface area contributed by atoms with Gasteiger partial charge < -0.3 is 11.1 Å². The Morgan fingerprint density at radius 1 is 1.35 bits per heavy atom. The number of nitrogens with two attached hydrogens (primary N) is 1. The van der Waals surface area contributed by atoms with E-state index in [0.717, 1.165) is 17.3 Å². The molecule has 0 atom stereocenters. The van der Waals surface area contributed by atoms with Crippen molar-refractivity contribution in [2.75, 3.05) is 11.9 Å². The first-order chi connectivity index (χ1) is 9.56. The van der Waals surface area contributed by atoms with Crippen molar-refractivity contribution in [3.05, 3.63) is 27.7 Å². The van der Waals surface area contributed by atoms with E-state index in [9.17, 15) is 4.79 Å². The van der Waals surface area contributed by atoms with E-state index in [1.807, 2.05) is 12.1 Å². The van der Waals surface area contributed by atoms with Gasteiger partial charge in [0.1, 0.15) is 0 Å². The lowest BCUT2D eigenvalue weighted by atomic mass is 9.71. The monoisotopic (exact) mass is 358 g/mol. The van der Waals surface area contributed by atoms with E-state index in [1.165, 1.54) is 19.3 Å². The Hall–Kier alpha value is -0.580. The molecule has 0 spiro atoms. The highest BCUT2D eigenvalue weighted by Crippen LogP contribution is 2.39. The molecular weight excluding hydrogens is 340 g/mol. The van der Waals surface area contributed by atoms with E-state index in [1.54, 1.807) is 6.07 Å². The SMILES string of the molecule is NCC1(CC(=O)Nc2cccc(Cl)c2Br)CCCCC1. The molecule has 1 saturated carbocycles. The molecule has 110 valence electrons. The lowest BCUT2D eigenvalue weighted by Crippen LogP contribution is -2.36. The molecule has 3 N–H and O–H groups in total. The molecule has 1 amide bonds. The quantitative estimate of drug-likeness (QED) is 0.840. The van der Waals surface area contributed by atoms with Crippen molar-refractivity contribution >= 4 is 39.1 Å². The van der Waals surface area contributed by atoms with Gasteiger partial charge in [-0.3, -0.25) is 4.79 Å². The van der Waals surface area contributed by atoms with Gasteiger partial charge in [0, 0.05) is 6.42 Å². The van der Waals surface area contributed by atoms with Crippen LogP contribution in [0.15, 0.2) is 22.7 Å². The van der Waals surface area contributed by atoms with Gasteiger partial charge in [-0.05, 0) is 52.9 Å². The third-order valence-electron chi connectivity index (χ3n) is 4.11. The average Bonchev–Trinajstić information content (AvgIpc) is 2.45. The average molecular weight is 360 g/mol. The zero-order valence-electron chi connectivity index (χ0n) is 11.4. The van der Waals surface area contributed by atoms with E-state index in [0.29, 0.717) is 23.7 Å². The van der Waals surface area contributed by atoms with E-state index in [-0.39, 0.29) is 11.3 Å². The number of anilines is 1. The van der Waals surface area contributed by atoms with Crippen LogP contribution in [0.3, 0.4) is 0 Å². The molecule has 0 aromatic heterocycles. The maximum atomic E-state index is 12.3. The topological polar surface area (TPSA) is 55.1 Å². The van der Waals surface area contributed by atoms with Crippen LogP contribution >= 0.6 is 27.5 Å². The molecule has 0 bridgehead atoms. The summed E-state index contributed by atoms with van der Waals surface area (Å²) in [5.41, 5.74) is 6.62. The minimum absolute atomic E-state index is 0.0142. The van der Waals surface area contributed by atoms with Crippen LogP contribution in [-0.2, 0) is 4.79 Å². The number of nitrogens with one attached hydrogen (secondary N) is 1. The second kappa shape index (κ2) is 6.92. The first kappa shape index (κ1) is 15.8. The Bertz CT molecular complexity index is 487. The van der Waals surface area contributed by atoms with Crippen molar-refractivity contribution in [1.29, 1.82) is 0 Å². The highest BCUT2D eigenvalue weighted by atomic mass is 79.9. The molecule has 0 saturated heterocycles. The molecule has 1 fully saturated rings. The maximum Gasteiger partial charge on any atom is 0.225 e. The summed E-state index contributed by atoms with van der Waals surface area (Å²) in [4.78, 5) is 12.3. The van der Waals surface area contributed by atoms with Crippen molar-refractivity contribution in [3.63, 3.8) is 0 Å². The second-order valence-corrected chi connectivity index (χ2v) is 6.79. The van der Waals surface area contributed by atoms with Crippen LogP contribution in [0.25, 0.3) is 0 Å². The highest BCUT2D eigenvalue weighted by Gasteiger charge is 2.33. The third-order valence-corrected chi connectivity index (χ3v) is 5.51. The smallest absolute Gasteiger partial charge is 0.225 e. The van der Waals surface area contributed by atoms with E-state index >= 15 is 0 Å². The molecular formula is C15H20BrClN2O. The standard InChI is InChI=1S/C15H20BrClN2O/c16-14-11(17)5-4-6-12(14)19-13(20)9-15(10-18)7-2-1-3-8-15/h4-6H,1-3,7-10,18H2,(H,19,20). The van der Waals surface area contributed by atoms with E-state index in [4.69, 9.17) is 17.3 Å². The highest BCUT2D eigenvalue weighted by molar-refractivity contribution is 9.10. The Balaban J connectivity index is 2.03. The minimum Gasteiger partial charge on any atom is -0.330 e. The van der Waals surface area contributed by atoms with Crippen LogP contribution in [-0.4, -0.2) is 12.5 Å². The van der Waals surface area contributed by atoms with Gasteiger partial charge in [-0.15, -0.1) is 0 Å². The fourth-order valence-corrected chi connectivity index (χ4v) is 3.43. The molecule has 3 nitrogen and oxygen atoms in total. The van der Waals surface area contributed by atoms with Gasteiger partial charge in [0.05, 0.1) is 15.2 Å². The number of hydrogen-bond donors (Lipinski definition) is 2. The lowest BCUT2D eigenvalue weighted by molar-refractivity contribution is -0.118. The first-order valence-corrected chi connectivity index (χ1v) is 8.17. The molecule has 1 aromatic carbocycles. The molecule has 2 rings (SSSR count). The second-order valence-electron chi connectivity index (χ2n) is 5.59. The van der Waals surface area contributed by atoms with Crippen LogP contribution in [0, 0.1) is 5.41 Å². The minimum atomic E-state index is -0.0205. The zero-order chi connectivity index (χ0) is 14.6. The van der Waals surface area contributed by atoms with Gasteiger partial charge in [-0.1, -0.05) is 36.9 Å². The summed E-state index contributed by atoms with van der Waals surface area (Å²) in [6.07, 6.45) is 6.18. The van der Waals surface area contributed by atoms with Crippen molar-refractivity contribution in [2.24, 2.45) is 11.1 Å². The number of rotatable bonds is 4. The first-order valence-electron chi connectivity index (χ1n) is 7.00. The molecule has 5 heteroatoms. The van der Waals surface area contributed by atoms with Gasteiger partial charge in [0.15, 0.2) is 0 Å². The molecule has 1 aromatic rings. The predicted octanol–water partition coefficient (Wildman–Crippen LogP) is 4.34. The van der Waals surface area contributed by atoms with Gasteiger partial charge in [-0.2, -0.15) is 0 Å². The number of halogens is 2. The summed E-state index contributed by atoms with van der Waals surface area (Å²) in [6, 6.07) is 5.44. The molecule has 1 aliphatic carbocycles. The molecule has 0 aliphatic heterocycles. The number of benzene rings is 1. The Morgan fingerprint density at radius 2 is 2.05 bits per heavy atom. The summed E-state index contributed by atoms with van der Waals surface area (Å²) in [7, 11) is 0. The Labute approximate surface area is 133 Å². The summed E-state index contributed by atoms with van der Waals surface area (Å²) < 4.78 is 0.723. The van der Waals surface area contributed by atoms with Gasteiger partial charge in [0.25, 0.3) is 0 Å². The molecule has 0 unspecified atom stereocenters. The van der Waals surface area contributed by atoms with Crippen LogP contribution in [0.2, 0.25) is 5.02 Å². The van der Waals surface area contributed by atoms with Crippen molar-refractivity contribution < 1.29 is 4.79 Å². The summed E-state index contributed by atoms with van der Waals surface area (Å²) in [5, 5.41) is 3.52. The van der Waals surface area contributed by atoms with Gasteiger partial charge in [0.2, 0.25) is 5.91 Å². The fraction of sp³-hybridized carbons (Fsp3) is 0.533. The van der Waals surface area contributed by atoms with E-state index in [2.05, 4.69) is 21.2 Å². The van der Waals surface area contributed by atoms with Crippen molar-refractivity contribution in [1.82, 2.24) is 0 Å². The molecule has 0 heterocycles. The normalized spacial score (nSPS) is 17.8. The third kappa shape index (κ3) is 3.74. The van der Waals surface area contributed by atoms with Gasteiger partial charge >= 0.3 is 0 Å². The fourth-order valence-electron chi connectivity index (χ4n) is 2.89. The molecule has 0 radical (unpaired) electrons. The number of hydrogen-bond acceptors (Lipinski definition) is 2. The van der Waals surface area contributed by atoms with Crippen LogP contribution in [0.5, 0.6) is 0 Å². The number of carbonyl (C=O) groups excluding carboxylic acids is 1. The van der Waals surface area contributed by atoms with Crippen LogP contribution in [0.1, 0.15) is 38.5 Å². The summed E-state index contributed by atoms with van der Waals surface area (Å²) >= 11 is 9.42. The zero-order valence-corrected chi connectivity index (χ0v) is 13.8. The summed E-state index contributed by atoms with van der Waals surface area (Å²) in [5.74, 6) is 0.0142. The lowest BCUT2D eigenvalue weighted by Gasteiger charge is -2.35. The van der Waals surface area contributed by atoms with Crippen LogP contribution in [0.4, 0.5) is 5.69 Å². The van der Waals surface area contributed by atoms with Gasteiger partial charge in [-0.25, -0.2) is 0 Å².